The molecule has 8 aromatic rings. The SMILES string of the molecule is [O-]c1ccc(-c2ccccc2)cc1-c1nc2ccccc2s1.[O-]c1ccc(-c2ccccc2)cc1-c1nc2ccccc2s1.[Zn+2]. The predicted octanol–water partition coefficient (Wildman–Crippen LogP) is 9.41. The van der Waals surface area contributed by atoms with Crippen molar-refractivity contribution in [2.45, 2.75) is 0 Å². The van der Waals surface area contributed by atoms with Crippen LogP contribution in [0.5, 0.6) is 11.5 Å². The van der Waals surface area contributed by atoms with Crippen molar-refractivity contribution in [2.24, 2.45) is 0 Å². The molecule has 6 aromatic carbocycles. The number of aromatic nitrogens is 2. The number of hydrogen-bond donors (Lipinski definition) is 0. The second kappa shape index (κ2) is 13.5. The number of fused-ring (bicyclic) bond motifs is 2. The van der Waals surface area contributed by atoms with Crippen LogP contribution in [-0.2, 0) is 19.5 Å². The van der Waals surface area contributed by atoms with Gasteiger partial charge in [0.1, 0.15) is 10.0 Å². The fourth-order valence-corrected chi connectivity index (χ4v) is 6.96. The number of nitrogens with zero attached hydrogens (tertiary/aromatic N) is 2. The van der Waals surface area contributed by atoms with Crippen molar-refractivity contribution in [3.8, 4) is 54.9 Å². The van der Waals surface area contributed by atoms with Crippen LogP contribution < -0.4 is 10.2 Å². The molecule has 2 aromatic heterocycles. The molecule has 0 spiro atoms. The molecular formula is C38H24N2O2S2Zn. The molecule has 0 fully saturated rings. The summed E-state index contributed by atoms with van der Waals surface area (Å²) in [5.74, 6) is 0.0254. The topological polar surface area (TPSA) is 71.9 Å². The van der Waals surface area contributed by atoms with E-state index in [9.17, 15) is 10.2 Å². The first kappa shape index (κ1) is 30.4. The third-order valence-corrected chi connectivity index (χ3v) is 9.36. The average molecular weight is 670 g/mol. The van der Waals surface area contributed by atoms with E-state index in [1.807, 2.05) is 133 Å². The zero-order valence-electron chi connectivity index (χ0n) is 24.1. The summed E-state index contributed by atoms with van der Waals surface area (Å²) in [6.07, 6.45) is 0. The summed E-state index contributed by atoms with van der Waals surface area (Å²) in [6.45, 7) is 0. The number of rotatable bonds is 4. The first-order valence-corrected chi connectivity index (χ1v) is 15.7. The van der Waals surface area contributed by atoms with Gasteiger partial charge in [-0.25, -0.2) is 9.97 Å². The van der Waals surface area contributed by atoms with Crippen molar-refractivity contribution in [1.29, 1.82) is 0 Å². The Morgan fingerprint density at radius 1 is 0.400 bits per heavy atom. The zero-order chi connectivity index (χ0) is 29.9. The maximum absolute atomic E-state index is 12.2. The Morgan fingerprint density at radius 3 is 1.18 bits per heavy atom. The van der Waals surface area contributed by atoms with E-state index in [2.05, 4.69) is 9.97 Å². The van der Waals surface area contributed by atoms with E-state index in [0.717, 1.165) is 52.7 Å². The number of thiazole rings is 2. The number of benzene rings is 6. The van der Waals surface area contributed by atoms with Crippen LogP contribution in [0, 0.1) is 0 Å². The third-order valence-electron chi connectivity index (χ3n) is 7.22. The van der Waals surface area contributed by atoms with Gasteiger partial charge in [-0.2, -0.15) is 0 Å². The van der Waals surface area contributed by atoms with Crippen molar-refractivity contribution >= 4 is 43.1 Å². The van der Waals surface area contributed by atoms with Crippen molar-refractivity contribution in [3.63, 3.8) is 0 Å². The van der Waals surface area contributed by atoms with Crippen molar-refractivity contribution in [2.75, 3.05) is 0 Å². The van der Waals surface area contributed by atoms with E-state index in [1.165, 1.54) is 0 Å². The van der Waals surface area contributed by atoms with Crippen LogP contribution in [-0.4, -0.2) is 9.97 Å². The smallest absolute Gasteiger partial charge is 0.872 e. The maximum Gasteiger partial charge on any atom is 2.00 e. The van der Waals surface area contributed by atoms with Gasteiger partial charge in [0.2, 0.25) is 0 Å². The summed E-state index contributed by atoms with van der Waals surface area (Å²) in [6, 6.07) is 46.9. The van der Waals surface area contributed by atoms with E-state index in [0.29, 0.717) is 11.1 Å². The normalized spacial score (nSPS) is 10.7. The van der Waals surface area contributed by atoms with Gasteiger partial charge in [0, 0.05) is 11.1 Å². The molecule has 0 atom stereocenters. The maximum atomic E-state index is 12.2. The zero-order valence-corrected chi connectivity index (χ0v) is 28.7. The van der Waals surface area contributed by atoms with Crippen LogP contribution in [0.25, 0.3) is 63.8 Å². The van der Waals surface area contributed by atoms with Crippen LogP contribution in [0.1, 0.15) is 0 Å². The van der Waals surface area contributed by atoms with Gasteiger partial charge < -0.3 is 10.2 Å². The fourth-order valence-electron chi connectivity index (χ4n) is 4.99. The minimum atomic E-state index is 0. The van der Waals surface area contributed by atoms with Crippen LogP contribution in [0.4, 0.5) is 0 Å². The average Bonchev–Trinajstić information content (AvgIpc) is 3.71. The second-order valence-corrected chi connectivity index (χ2v) is 12.2. The molecule has 0 unspecified atom stereocenters. The molecule has 8 rings (SSSR count). The molecule has 0 N–H and O–H groups in total. The summed E-state index contributed by atoms with van der Waals surface area (Å²) in [5.41, 5.74) is 7.49. The van der Waals surface area contributed by atoms with Crippen LogP contribution >= 0.6 is 22.7 Å². The van der Waals surface area contributed by atoms with Gasteiger partial charge in [0.15, 0.2) is 0 Å². The summed E-state index contributed by atoms with van der Waals surface area (Å²) < 4.78 is 2.20. The second-order valence-electron chi connectivity index (χ2n) is 10.1. The largest absolute Gasteiger partial charge is 2.00 e. The summed E-state index contributed by atoms with van der Waals surface area (Å²) in [5, 5.41) is 26.1. The van der Waals surface area contributed by atoms with Crippen molar-refractivity contribution in [1.82, 2.24) is 9.97 Å². The molecule has 0 saturated carbocycles. The minimum absolute atomic E-state index is 0. The molecule has 0 radical (unpaired) electrons. The van der Waals surface area contributed by atoms with Gasteiger partial charge >= 0.3 is 19.5 Å². The number of hydrogen-bond acceptors (Lipinski definition) is 6. The Labute approximate surface area is 281 Å². The molecule has 0 saturated heterocycles. The first-order valence-electron chi connectivity index (χ1n) is 14.1. The molecule has 2 heterocycles. The molecule has 4 nitrogen and oxygen atoms in total. The van der Waals surface area contributed by atoms with E-state index >= 15 is 0 Å². The van der Waals surface area contributed by atoms with E-state index in [4.69, 9.17) is 0 Å². The molecule has 0 amide bonds. The molecule has 0 aliphatic heterocycles. The Balaban J connectivity index is 0.000000155. The van der Waals surface area contributed by atoms with Gasteiger partial charge in [-0.05, 0) is 58.7 Å². The summed E-state index contributed by atoms with van der Waals surface area (Å²) >= 11 is 3.11. The van der Waals surface area contributed by atoms with E-state index in [-0.39, 0.29) is 31.0 Å². The van der Waals surface area contributed by atoms with Gasteiger partial charge in [-0.15, -0.1) is 22.7 Å². The van der Waals surface area contributed by atoms with Crippen LogP contribution in [0.15, 0.2) is 146 Å². The third kappa shape index (κ3) is 6.57. The first-order chi connectivity index (χ1) is 21.6. The van der Waals surface area contributed by atoms with Gasteiger partial charge in [0.25, 0.3) is 0 Å². The molecule has 0 aliphatic rings. The predicted molar refractivity (Wildman–Crippen MR) is 180 cm³/mol. The molecule has 45 heavy (non-hydrogen) atoms. The Hall–Kier alpha value is -4.68. The fraction of sp³-hybridized carbons (Fsp3) is 0. The molecule has 0 bridgehead atoms. The van der Waals surface area contributed by atoms with Crippen LogP contribution in [0.2, 0.25) is 0 Å². The molecule has 0 aliphatic carbocycles. The van der Waals surface area contributed by atoms with E-state index < -0.39 is 0 Å². The molecular weight excluding hydrogens is 646 g/mol. The standard InChI is InChI=1S/2C19H13NOS.Zn/c2*21-17-11-10-14(13-6-2-1-3-7-13)12-15(17)19-20-16-8-4-5-9-18(16)22-19;/h2*1-12,21H;/q;;+2/p-2. The van der Waals surface area contributed by atoms with Gasteiger partial charge in [-0.1, -0.05) is 121 Å². The van der Waals surface area contributed by atoms with Crippen LogP contribution in [0.3, 0.4) is 0 Å². The summed E-state index contributed by atoms with van der Waals surface area (Å²) in [4.78, 5) is 9.19. The Kier molecular flexibility index (Phi) is 9.13. The molecule has 7 heteroatoms. The monoisotopic (exact) mass is 668 g/mol. The quantitative estimate of drug-likeness (QED) is 0.175. The Bertz CT molecular complexity index is 1990. The minimum Gasteiger partial charge on any atom is -0.872 e. The van der Waals surface area contributed by atoms with Gasteiger partial charge in [-0.3, -0.25) is 0 Å². The number of para-hydroxylation sites is 2. The summed E-state index contributed by atoms with van der Waals surface area (Å²) in [7, 11) is 0. The van der Waals surface area contributed by atoms with Gasteiger partial charge in [0.05, 0.1) is 20.4 Å². The van der Waals surface area contributed by atoms with Crippen molar-refractivity contribution < 1.29 is 29.7 Å². The van der Waals surface area contributed by atoms with E-state index in [1.54, 1.807) is 34.8 Å². The Morgan fingerprint density at radius 2 is 0.778 bits per heavy atom. The molecule has 212 valence electrons. The van der Waals surface area contributed by atoms with Crippen molar-refractivity contribution in [3.05, 3.63) is 146 Å².